The summed E-state index contributed by atoms with van der Waals surface area (Å²) in [7, 11) is 4.82. The smallest absolute Gasteiger partial charge is 0.257 e. The summed E-state index contributed by atoms with van der Waals surface area (Å²) in [5.74, 6) is 2.54. The van der Waals surface area contributed by atoms with E-state index in [1.165, 1.54) is 7.11 Å². The lowest BCUT2D eigenvalue weighted by Gasteiger charge is -2.18. The minimum Gasteiger partial charge on any atom is -0.497 e. The Morgan fingerprint density at radius 1 is 1.19 bits per heavy atom. The predicted molar refractivity (Wildman–Crippen MR) is 78.8 cm³/mol. The van der Waals surface area contributed by atoms with E-state index in [0.717, 1.165) is 11.5 Å². The van der Waals surface area contributed by atoms with Crippen LogP contribution in [0.2, 0.25) is 0 Å². The molecule has 21 heavy (non-hydrogen) atoms. The van der Waals surface area contributed by atoms with Crippen molar-refractivity contribution in [2.45, 2.75) is 13.5 Å². The molecule has 0 aliphatic rings. The number of hydrogen-bond acceptors (Lipinski definition) is 4. The predicted octanol–water partition coefficient (Wildman–Crippen LogP) is 2.88. The highest BCUT2D eigenvalue weighted by Gasteiger charge is 2.18. The van der Waals surface area contributed by atoms with Crippen molar-refractivity contribution in [3.63, 3.8) is 0 Å². The molecule has 5 heteroatoms. The van der Waals surface area contributed by atoms with Crippen molar-refractivity contribution in [1.29, 1.82) is 0 Å². The van der Waals surface area contributed by atoms with Gasteiger partial charge >= 0.3 is 0 Å². The van der Waals surface area contributed by atoms with Gasteiger partial charge in [-0.05, 0) is 37.3 Å². The van der Waals surface area contributed by atoms with E-state index < -0.39 is 0 Å². The number of furan rings is 1. The minimum absolute atomic E-state index is 0.153. The molecule has 0 aliphatic heterocycles. The van der Waals surface area contributed by atoms with Gasteiger partial charge in [0.2, 0.25) is 0 Å². The molecule has 0 radical (unpaired) electrons. The zero-order valence-corrected chi connectivity index (χ0v) is 12.7. The zero-order chi connectivity index (χ0) is 15.4. The van der Waals surface area contributed by atoms with Gasteiger partial charge in [0.05, 0.1) is 26.3 Å². The SMILES string of the molecule is COc1ccc(OC)c(C(=O)N(C)Cc2ccc(C)o2)c1. The van der Waals surface area contributed by atoms with Gasteiger partial charge in [0.1, 0.15) is 23.0 Å². The summed E-state index contributed by atoms with van der Waals surface area (Å²) in [6.45, 7) is 2.27. The lowest BCUT2D eigenvalue weighted by molar-refractivity contribution is 0.0771. The standard InChI is InChI=1S/C16H19NO4/c1-11-5-6-13(21-11)10-17(2)16(18)14-9-12(19-3)7-8-15(14)20-4/h5-9H,10H2,1-4H3. The van der Waals surface area contributed by atoms with Gasteiger partial charge in [-0.15, -0.1) is 0 Å². The van der Waals surface area contributed by atoms with E-state index >= 15 is 0 Å². The number of nitrogens with zero attached hydrogens (tertiary/aromatic N) is 1. The number of carbonyl (C=O) groups is 1. The molecule has 0 aliphatic carbocycles. The monoisotopic (exact) mass is 289 g/mol. The summed E-state index contributed by atoms with van der Waals surface area (Å²) >= 11 is 0. The molecule has 0 spiro atoms. The van der Waals surface area contributed by atoms with Crippen molar-refractivity contribution in [1.82, 2.24) is 4.90 Å². The summed E-state index contributed by atoms with van der Waals surface area (Å²) in [4.78, 5) is 14.1. The lowest BCUT2D eigenvalue weighted by atomic mass is 10.1. The second-order valence-corrected chi connectivity index (χ2v) is 4.74. The summed E-state index contributed by atoms with van der Waals surface area (Å²) in [6.07, 6.45) is 0. The first-order valence-electron chi connectivity index (χ1n) is 6.58. The van der Waals surface area contributed by atoms with Crippen LogP contribution in [0.1, 0.15) is 21.9 Å². The molecule has 1 aromatic heterocycles. The van der Waals surface area contributed by atoms with Gasteiger partial charge in [-0.3, -0.25) is 4.79 Å². The number of carbonyl (C=O) groups excluding carboxylic acids is 1. The number of hydrogen-bond donors (Lipinski definition) is 0. The van der Waals surface area contributed by atoms with Gasteiger partial charge < -0.3 is 18.8 Å². The summed E-state index contributed by atoms with van der Waals surface area (Å²) < 4.78 is 15.9. The van der Waals surface area contributed by atoms with Crippen LogP contribution >= 0.6 is 0 Å². The fourth-order valence-corrected chi connectivity index (χ4v) is 2.06. The number of benzene rings is 1. The highest BCUT2D eigenvalue weighted by Crippen LogP contribution is 2.25. The molecule has 0 saturated carbocycles. The van der Waals surface area contributed by atoms with Gasteiger partial charge in [-0.1, -0.05) is 0 Å². The topological polar surface area (TPSA) is 51.9 Å². The summed E-state index contributed by atoms with van der Waals surface area (Å²) in [5.41, 5.74) is 0.461. The Labute approximate surface area is 124 Å². The molecular weight excluding hydrogens is 270 g/mol. The van der Waals surface area contributed by atoms with Crippen LogP contribution in [0.4, 0.5) is 0 Å². The molecule has 1 amide bonds. The highest BCUT2D eigenvalue weighted by molar-refractivity contribution is 5.97. The number of amides is 1. The van der Waals surface area contributed by atoms with Gasteiger partial charge in [-0.2, -0.15) is 0 Å². The highest BCUT2D eigenvalue weighted by atomic mass is 16.5. The second kappa shape index (κ2) is 6.35. The van der Waals surface area contributed by atoms with Crippen molar-refractivity contribution in [2.24, 2.45) is 0 Å². The third-order valence-electron chi connectivity index (χ3n) is 3.17. The Hall–Kier alpha value is -2.43. The Kier molecular flexibility index (Phi) is 4.52. The number of methoxy groups -OCH3 is 2. The molecule has 1 heterocycles. The summed E-state index contributed by atoms with van der Waals surface area (Å²) in [6, 6.07) is 8.88. The van der Waals surface area contributed by atoms with E-state index in [4.69, 9.17) is 13.9 Å². The minimum atomic E-state index is -0.153. The van der Waals surface area contributed by atoms with Crippen molar-refractivity contribution in [3.05, 3.63) is 47.4 Å². The largest absolute Gasteiger partial charge is 0.497 e. The van der Waals surface area contributed by atoms with E-state index in [1.54, 1.807) is 37.3 Å². The van der Waals surface area contributed by atoms with Crippen LogP contribution in [-0.4, -0.2) is 32.1 Å². The normalized spacial score (nSPS) is 10.3. The Morgan fingerprint density at radius 3 is 2.52 bits per heavy atom. The van der Waals surface area contributed by atoms with Crippen LogP contribution in [0.15, 0.2) is 34.7 Å². The van der Waals surface area contributed by atoms with Crippen molar-refractivity contribution in [3.8, 4) is 11.5 Å². The third kappa shape index (κ3) is 3.37. The number of ether oxygens (including phenoxy) is 2. The molecule has 0 fully saturated rings. The van der Waals surface area contributed by atoms with Crippen molar-refractivity contribution in [2.75, 3.05) is 21.3 Å². The zero-order valence-electron chi connectivity index (χ0n) is 12.7. The number of aryl methyl sites for hydroxylation is 1. The van der Waals surface area contributed by atoms with Crippen LogP contribution in [-0.2, 0) is 6.54 Å². The first kappa shape index (κ1) is 15.0. The fraction of sp³-hybridized carbons (Fsp3) is 0.312. The van der Waals surface area contributed by atoms with Crippen molar-refractivity contribution >= 4 is 5.91 Å². The molecule has 0 bridgehead atoms. The van der Waals surface area contributed by atoms with Crippen LogP contribution in [0.3, 0.4) is 0 Å². The first-order chi connectivity index (χ1) is 10.0. The molecule has 0 saturated heterocycles. The van der Waals surface area contributed by atoms with Crippen LogP contribution in [0, 0.1) is 6.92 Å². The maximum atomic E-state index is 12.6. The Balaban J connectivity index is 2.21. The van der Waals surface area contributed by atoms with Gasteiger partial charge in [0, 0.05) is 7.05 Å². The maximum Gasteiger partial charge on any atom is 0.257 e. The summed E-state index contributed by atoms with van der Waals surface area (Å²) in [5, 5.41) is 0. The van der Waals surface area contributed by atoms with E-state index in [1.807, 2.05) is 19.1 Å². The van der Waals surface area contributed by atoms with E-state index in [2.05, 4.69) is 0 Å². The maximum absolute atomic E-state index is 12.6. The molecule has 1 aromatic carbocycles. The van der Waals surface area contributed by atoms with Crippen molar-refractivity contribution < 1.29 is 18.7 Å². The van der Waals surface area contributed by atoms with Gasteiger partial charge in [0.25, 0.3) is 5.91 Å². The number of rotatable bonds is 5. The average Bonchev–Trinajstić information content (AvgIpc) is 2.90. The fourth-order valence-electron chi connectivity index (χ4n) is 2.06. The van der Waals surface area contributed by atoms with Gasteiger partial charge in [0.15, 0.2) is 0 Å². The molecule has 2 aromatic rings. The third-order valence-corrected chi connectivity index (χ3v) is 3.17. The van der Waals surface area contributed by atoms with E-state index in [0.29, 0.717) is 23.6 Å². The van der Waals surface area contributed by atoms with Crippen LogP contribution < -0.4 is 9.47 Å². The molecule has 5 nitrogen and oxygen atoms in total. The van der Waals surface area contributed by atoms with E-state index in [9.17, 15) is 4.79 Å². The first-order valence-corrected chi connectivity index (χ1v) is 6.58. The average molecular weight is 289 g/mol. The molecule has 0 atom stereocenters. The second-order valence-electron chi connectivity index (χ2n) is 4.74. The quantitative estimate of drug-likeness (QED) is 0.849. The van der Waals surface area contributed by atoms with Crippen LogP contribution in [0.5, 0.6) is 11.5 Å². The molecular formula is C16H19NO4. The Bertz CT molecular complexity index is 633. The lowest BCUT2D eigenvalue weighted by Crippen LogP contribution is -2.26. The molecule has 0 unspecified atom stereocenters. The van der Waals surface area contributed by atoms with Crippen LogP contribution in [0.25, 0.3) is 0 Å². The van der Waals surface area contributed by atoms with Gasteiger partial charge in [-0.25, -0.2) is 0 Å². The molecule has 0 N–H and O–H groups in total. The van der Waals surface area contributed by atoms with E-state index in [-0.39, 0.29) is 5.91 Å². The molecule has 2 rings (SSSR count). The Morgan fingerprint density at radius 2 is 1.95 bits per heavy atom. The molecule has 112 valence electrons.